The highest BCUT2D eigenvalue weighted by atomic mass is 35.5. The second-order valence-corrected chi connectivity index (χ2v) is 8.34. The average molecular weight is 487 g/mol. The van der Waals surface area contributed by atoms with Gasteiger partial charge >= 0.3 is 12.4 Å². The molecule has 2 nitrogen and oxygen atoms in total. The van der Waals surface area contributed by atoms with Gasteiger partial charge in [-0.25, -0.2) is 0 Å². The van der Waals surface area contributed by atoms with Crippen LogP contribution in [0.2, 0.25) is 0 Å². The summed E-state index contributed by atoms with van der Waals surface area (Å²) in [6.45, 7) is 2.15. The summed E-state index contributed by atoms with van der Waals surface area (Å²) >= 11 is 12.4. The third-order valence-electron chi connectivity index (χ3n) is 4.70. The van der Waals surface area contributed by atoms with Crippen LogP contribution in [-0.2, 0) is 21.9 Å². The van der Waals surface area contributed by atoms with Crippen LogP contribution in [0.15, 0.2) is 48.5 Å². The molecular formula is C21H18Cl2F6O2. The molecule has 170 valence electrons. The molecule has 0 spiro atoms. The van der Waals surface area contributed by atoms with Gasteiger partial charge in [-0.05, 0) is 43.2 Å². The SMILES string of the molecule is CC(=O)C(Cl)(Cl)C(CO[C@H](C)c1cc(C(F)(F)F)cc(C(F)(F)F)c1)c1ccccc1. The van der Waals surface area contributed by atoms with E-state index < -0.39 is 45.6 Å². The number of Topliss-reactive ketones (excluding diaryl/α,β-unsaturated/α-hetero) is 1. The number of benzene rings is 2. The van der Waals surface area contributed by atoms with Gasteiger partial charge in [-0.1, -0.05) is 53.5 Å². The molecule has 0 saturated heterocycles. The lowest BCUT2D eigenvalue weighted by Gasteiger charge is -2.29. The van der Waals surface area contributed by atoms with Crippen molar-refractivity contribution in [1.82, 2.24) is 0 Å². The number of rotatable bonds is 7. The molecule has 2 aromatic rings. The van der Waals surface area contributed by atoms with E-state index in [1.54, 1.807) is 30.3 Å². The molecule has 10 heteroatoms. The number of carbonyl (C=O) groups is 1. The number of halogens is 8. The Labute approximate surface area is 185 Å². The molecule has 31 heavy (non-hydrogen) atoms. The summed E-state index contributed by atoms with van der Waals surface area (Å²) in [4.78, 5) is 11.9. The van der Waals surface area contributed by atoms with Gasteiger partial charge in [-0.15, -0.1) is 0 Å². The first-order valence-corrected chi connectivity index (χ1v) is 9.74. The number of carbonyl (C=O) groups excluding carboxylic acids is 1. The Morgan fingerprint density at radius 3 is 1.81 bits per heavy atom. The van der Waals surface area contributed by atoms with Crippen molar-refractivity contribution >= 4 is 29.0 Å². The molecule has 0 radical (unpaired) electrons. The zero-order chi connectivity index (χ0) is 23.6. The summed E-state index contributed by atoms with van der Waals surface area (Å²) < 4.78 is 82.2. The van der Waals surface area contributed by atoms with Crippen LogP contribution < -0.4 is 0 Å². The van der Waals surface area contributed by atoms with Gasteiger partial charge in [-0.3, -0.25) is 4.79 Å². The Hall–Kier alpha value is -1.77. The van der Waals surface area contributed by atoms with E-state index >= 15 is 0 Å². The smallest absolute Gasteiger partial charge is 0.373 e. The topological polar surface area (TPSA) is 26.3 Å². The molecule has 2 aromatic carbocycles. The third kappa shape index (κ3) is 6.37. The minimum atomic E-state index is -4.97. The van der Waals surface area contributed by atoms with E-state index in [4.69, 9.17) is 27.9 Å². The van der Waals surface area contributed by atoms with Crippen LogP contribution in [0.1, 0.15) is 48.1 Å². The second-order valence-electron chi connectivity index (χ2n) is 6.96. The average Bonchev–Trinajstić information content (AvgIpc) is 2.66. The first-order valence-electron chi connectivity index (χ1n) is 8.98. The highest BCUT2D eigenvalue weighted by Crippen LogP contribution is 2.41. The van der Waals surface area contributed by atoms with Crippen molar-refractivity contribution in [3.05, 3.63) is 70.8 Å². The highest BCUT2D eigenvalue weighted by molar-refractivity contribution is 6.58. The van der Waals surface area contributed by atoms with Crippen LogP contribution in [0.5, 0.6) is 0 Å². The standard InChI is InChI=1S/C21H18Cl2F6O2/c1-12(15-8-16(20(24,25)26)10-17(9-15)21(27,28)29)31-11-18(19(22,23)13(2)30)14-6-4-3-5-7-14/h3-10,12,18H,11H2,1-2H3/t12-,18?/m1/s1. The lowest BCUT2D eigenvalue weighted by molar-refractivity contribution is -0.143. The second kappa shape index (κ2) is 9.38. The summed E-state index contributed by atoms with van der Waals surface area (Å²) in [6, 6.07) is 9.54. The maximum Gasteiger partial charge on any atom is 0.416 e. The summed E-state index contributed by atoms with van der Waals surface area (Å²) in [7, 11) is 0. The predicted molar refractivity (Wildman–Crippen MR) is 105 cm³/mol. The minimum Gasteiger partial charge on any atom is -0.373 e. The Balaban J connectivity index is 2.36. The number of ketones is 1. The van der Waals surface area contributed by atoms with Crippen LogP contribution in [0.3, 0.4) is 0 Å². The van der Waals surface area contributed by atoms with Gasteiger partial charge in [-0.2, -0.15) is 26.3 Å². The van der Waals surface area contributed by atoms with Crippen molar-refractivity contribution < 1.29 is 35.9 Å². The van der Waals surface area contributed by atoms with Crippen LogP contribution in [-0.4, -0.2) is 16.7 Å². The van der Waals surface area contributed by atoms with E-state index in [2.05, 4.69) is 0 Å². The highest BCUT2D eigenvalue weighted by Gasteiger charge is 2.41. The van der Waals surface area contributed by atoms with Crippen molar-refractivity contribution in [3.8, 4) is 0 Å². The van der Waals surface area contributed by atoms with Crippen LogP contribution in [0.25, 0.3) is 0 Å². The predicted octanol–water partition coefficient (Wildman–Crippen LogP) is 7.35. The molecule has 0 aromatic heterocycles. The summed E-state index contributed by atoms with van der Waals surface area (Å²) in [6.07, 6.45) is -11.1. The first-order chi connectivity index (χ1) is 14.1. The molecule has 0 aliphatic heterocycles. The molecule has 0 saturated carbocycles. The number of alkyl halides is 8. The lowest BCUT2D eigenvalue weighted by Crippen LogP contribution is -2.34. The van der Waals surface area contributed by atoms with Gasteiger partial charge < -0.3 is 4.74 Å². The maximum absolute atomic E-state index is 13.1. The van der Waals surface area contributed by atoms with Gasteiger partial charge in [0.25, 0.3) is 0 Å². The molecular weight excluding hydrogens is 469 g/mol. The number of ether oxygens (including phenoxy) is 1. The van der Waals surface area contributed by atoms with Crippen molar-refractivity contribution in [1.29, 1.82) is 0 Å². The van der Waals surface area contributed by atoms with Gasteiger partial charge in [0.05, 0.1) is 23.8 Å². The van der Waals surface area contributed by atoms with Crippen molar-refractivity contribution in [2.75, 3.05) is 6.61 Å². The fourth-order valence-electron chi connectivity index (χ4n) is 2.89. The molecule has 0 bridgehead atoms. The van der Waals surface area contributed by atoms with Gasteiger partial charge in [0.2, 0.25) is 0 Å². The van der Waals surface area contributed by atoms with Crippen LogP contribution in [0, 0.1) is 0 Å². The van der Waals surface area contributed by atoms with Crippen molar-refractivity contribution in [3.63, 3.8) is 0 Å². The Bertz CT molecular complexity index is 878. The molecule has 0 aliphatic rings. The fourth-order valence-corrected chi connectivity index (χ4v) is 3.27. The molecule has 2 atom stereocenters. The first kappa shape index (κ1) is 25.5. The van der Waals surface area contributed by atoms with Crippen molar-refractivity contribution in [2.45, 2.75) is 42.6 Å². The molecule has 0 heterocycles. The van der Waals surface area contributed by atoms with Gasteiger partial charge in [0.15, 0.2) is 10.1 Å². The largest absolute Gasteiger partial charge is 0.416 e. The summed E-state index contributed by atoms with van der Waals surface area (Å²) in [5, 5.41) is 0. The fraction of sp³-hybridized carbons (Fsp3) is 0.381. The monoisotopic (exact) mass is 486 g/mol. The molecule has 2 rings (SSSR count). The third-order valence-corrected chi connectivity index (χ3v) is 5.76. The number of hydrogen-bond acceptors (Lipinski definition) is 2. The Kier molecular flexibility index (Phi) is 7.72. The molecule has 0 fully saturated rings. The van der Waals surface area contributed by atoms with E-state index in [1.165, 1.54) is 13.8 Å². The van der Waals surface area contributed by atoms with Crippen molar-refractivity contribution in [2.24, 2.45) is 0 Å². The molecule has 0 amide bonds. The maximum atomic E-state index is 13.1. The number of hydrogen-bond donors (Lipinski definition) is 0. The van der Waals surface area contributed by atoms with E-state index in [9.17, 15) is 31.1 Å². The Morgan fingerprint density at radius 2 is 1.39 bits per heavy atom. The van der Waals surface area contributed by atoms with E-state index in [0.717, 1.165) is 0 Å². The normalized spacial score (nSPS) is 14.9. The summed E-state index contributed by atoms with van der Waals surface area (Å²) in [5.41, 5.74) is -2.69. The zero-order valence-electron chi connectivity index (χ0n) is 16.3. The minimum absolute atomic E-state index is 0.0430. The zero-order valence-corrected chi connectivity index (χ0v) is 17.8. The lowest BCUT2D eigenvalue weighted by atomic mass is 9.93. The van der Waals surface area contributed by atoms with Crippen LogP contribution in [0.4, 0.5) is 26.3 Å². The van der Waals surface area contributed by atoms with E-state index in [1.807, 2.05) is 0 Å². The molecule has 0 aliphatic carbocycles. The van der Waals surface area contributed by atoms with Crippen LogP contribution >= 0.6 is 23.2 Å². The molecule has 1 unspecified atom stereocenters. The van der Waals surface area contributed by atoms with E-state index in [0.29, 0.717) is 17.7 Å². The van der Waals surface area contributed by atoms with Gasteiger partial charge in [0, 0.05) is 5.92 Å². The molecule has 0 N–H and O–H groups in total. The summed E-state index contributed by atoms with van der Waals surface area (Å²) in [5.74, 6) is -1.50. The van der Waals surface area contributed by atoms with E-state index in [-0.39, 0.29) is 18.2 Å². The van der Waals surface area contributed by atoms with Gasteiger partial charge in [0.1, 0.15) is 0 Å². The quantitative estimate of drug-likeness (QED) is 0.302. The Morgan fingerprint density at radius 1 is 0.903 bits per heavy atom.